The van der Waals surface area contributed by atoms with Crippen LogP contribution in [0.5, 0.6) is 0 Å². The Kier molecular flexibility index (Phi) is 16.1. The Hall–Kier alpha value is -1.31. The highest BCUT2D eigenvalue weighted by Gasteiger charge is 1.94. The van der Waals surface area contributed by atoms with Crippen molar-refractivity contribution in [2.75, 3.05) is 0 Å². The zero-order valence-corrected chi connectivity index (χ0v) is 15.2. The van der Waals surface area contributed by atoms with Crippen LogP contribution < -0.4 is 0 Å². The molecule has 0 aromatic carbocycles. The van der Waals surface area contributed by atoms with Crippen molar-refractivity contribution in [3.05, 3.63) is 36.5 Å². The van der Waals surface area contributed by atoms with Gasteiger partial charge in [-0.1, -0.05) is 82.4 Å². The van der Waals surface area contributed by atoms with E-state index in [0.29, 0.717) is 5.92 Å². The molecule has 0 rings (SSSR count). The smallest absolute Gasteiger partial charge is 0.303 e. The van der Waals surface area contributed by atoms with Crippen molar-refractivity contribution in [1.82, 2.24) is 0 Å². The third-order valence-electron chi connectivity index (χ3n) is 3.80. The van der Waals surface area contributed by atoms with Gasteiger partial charge in [0.15, 0.2) is 0 Å². The Labute approximate surface area is 143 Å². The maximum absolute atomic E-state index is 10.4. The number of carboxylic acid groups (broad SMARTS) is 1. The van der Waals surface area contributed by atoms with Crippen molar-refractivity contribution in [1.29, 1.82) is 0 Å². The molecule has 0 aromatic heterocycles. The molecule has 0 aliphatic carbocycles. The number of hydrogen-bond acceptors (Lipinski definition) is 1. The lowest BCUT2D eigenvalue weighted by molar-refractivity contribution is -0.137. The van der Waals surface area contributed by atoms with E-state index in [1.807, 2.05) is 0 Å². The minimum atomic E-state index is -0.709. The second kappa shape index (κ2) is 17.1. The van der Waals surface area contributed by atoms with Crippen LogP contribution in [-0.2, 0) is 4.79 Å². The summed E-state index contributed by atoms with van der Waals surface area (Å²) in [5, 5.41) is 8.55. The van der Waals surface area contributed by atoms with Crippen LogP contribution in [0, 0.1) is 5.92 Å². The van der Waals surface area contributed by atoms with Gasteiger partial charge in [-0.3, -0.25) is 4.79 Å². The second-order valence-corrected chi connectivity index (χ2v) is 6.26. The molecule has 1 atom stereocenters. The molecule has 0 heterocycles. The molecule has 2 heteroatoms. The number of unbranched alkanes of at least 4 members (excludes halogenated alkanes) is 7. The lowest BCUT2D eigenvalue weighted by atomic mass is 10.1. The van der Waals surface area contributed by atoms with Crippen molar-refractivity contribution >= 4 is 5.97 Å². The van der Waals surface area contributed by atoms with Gasteiger partial charge >= 0.3 is 5.97 Å². The Morgan fingerprint density at radius 1 is 0.870 bits per heavy atom. The number of carbonyl (C=O) groups is 1. The molecule has 132 valence electrons. The van der Waals surface area contributed by atoms with Crippen molar-refractivity contribution in [3.63, 3.8) is 0 Å². The summed E-state index contributed by atoms with van der Waals surface area (Å²) in [6, 6.07) is 0. The molecule has 0 spiro atoms. The highest BCUT2D eigenvalue weighted by atomic mass is 16.4. The summed E-state index contributed by atoms with van der Waals surface area (Å²) in [6.45, 7) is 4.41. The lowest BCUT2D eigenvalue weighted by Crippen LogP contribution is -1.92. The predicted molar refractivity (Wildman–Crippen MR) is 101 cm³/mol. The summed E-state index contributed by atoms with van der Waals surface area (Å²) in [6.07, 6.45) is 25.4. The first-order valence-corrected chi connectivity index (χ1v) is 9.37. The largest absolute Gasteiger partial charge is 0.481 e. The summed E-state index contributed by atoms with van der Waals surface area (Å²) < 4.78 is 0. The van der Waals surface area contributed by atoms with E-state index < -0.39 is 5.97 Å². The van der Waals surface area contributed by atoms with Crippen LogP contribution in [-0.4, -0.2) is 11.1 Å². The molecule has 1 unspecified atom stereocenters. The molecule has 0 fully saturated rings. The van der Waals surface area contributed by atoms with Gasteiger partial charge in [-0.2, -0.15) is 0 Å². The van der Waals surface area contributed by atoms with Crippen molar-refractivity contribution in [3.8, 4) is 0 Å². The minimum absolute atomic E-state index is 0.262. The van der Waals surface area contributed by atoms with Gasteiger partial charge < -0.3 is 5.11 Å². The minimum Gasteiger partial charge on any atom is -0.481 e. The number of hydrogen-bond donors (Lipinski definition) is 1. The van der Waals surface area contributed by atoms with Crippen LogP contribution in [0.2, 0.25) is 0 Å². The van der Waals surface area contributed by atoms with Gasteiger partial charge in [0, 0.05) is 6.42 Å². The van der Waals surface area contributed by atoms with E-state index in [1.54, 1.807) is 0 Å². The predicted octanol–water partition coefficient (Wildman–Crippen LogP) is 6.69. The fraction of sp³-hybridized carbons (Fsp3) is 0.667. The number of carboxylic acids is 1. The third kappa shape index (κ3) is 18.6. The molecule has 2 nitrogen and oxygen atoms in total. The molecule has 0 aliphatic rings. The van der Waals surface area contributed by atoms with E-state index in [4.69, 9.17) is 5.11 Å². The van der Waals surface area contributed by atoms with Gasteiger partial charge in [0.1, 0.15) is 0 Å². The maximum Gasteiger partial charge on any atom is 0.303 e. The Balaban J connectivity index is 3.51. The molecule has 0 saturated carbocycles. The van der Waals surface area contributed by atoms with E-state index in [-0.39, 0.29) is 6.42 Å². The quantitative estimate of drug-likeness (QED) is 0.270. The van der Waals surface area contributed by atoms with Crippen LogP contribution in [0.1, 0.15) is 84.5 Å². The SMILES string of the molecule is CCCCCCCCC=CCC=CC(C)/C=C\CCCC(=O)O. The molecule has 23 heavy (non-hydrogen) atoms. The van der Waals surface area contributed by atoms with Crippen LogP contribution in [0.15, 0.2) is 36.5 Å². The van der Waals surface area contributed by atoms with Gasteiger partial charge in [-0.25, -0.2) is 0 Å². The van der Waals surface area contributed by atoms with Gasteiger partial charge in [0.05, 0.1) is 0 Å². The topological polar surface area (TPSA) is 37.3 Å². The van der Waals surface area contributed by atoms with Gasteiger partial charge in [0.25, 0.3) is 0 Å². The number of aliphatic carboxylic acids is 1. The Morgan fingerprint density at radius 2 is 1.52 bits per heavy atom. The summed E-state index contributed by atoms with van der Waals surface area (Å²) in [5.74, 6) is -0.286. The zero-order valence-electron chi connectivity index (χ0n) is 15.2. The van der Waals surface area contributed by atoms with Crippen LogP contribution >= 0.6 is 0 Å². The van der Waals surface area contributed by atoms with E-state index in [1.165, 1.54) is 44.9 Å². The average Bonchev–Trinajstić information content (AvgIpc) is 2.52. The summed E-state index contributed by atoms with van der Waals surface area (Å²) in [4.78, 5) is 10.4. The normalized spacial score (nSPS) is 13.5. The molecule has 0 bridgehead atoms. The fourth-order valence-corrected chi connectivity index (χ4v) is 2.37. The van der Waals surface area contributed by atoms with E-state index in [2.05, 4.69) is 50.3 Å². The first-order chi connectivity index (χ1) is 11.2. The summed E-state index contributed by atoms with van der Waals surface area (Å²) in [7, 11) is 0. The van der Waals surface area contributed by atoms with Crippen molar-refractivity contribution in [2.24, 2.45) is 5.92 Å². The molecule has 0 saturated heterocycles. The molecule has 0 radical (unpaired) electrons. The van der Waals surface area contributed by atoms with Crippen LogP contribution in [0.3, 0.4) is 0 Å². The molecule has 0 amide bonds. The molecular weight excluding hydrogens is 284 g/mol. The summed E-state index contributed by atoms with van der Waals surface area (Å²) in [5.41, 5.74) is 0. The van der Waals surface area contributed by atoms with E-state index >= 15 is 0 Å². The first-order valence-electron chi connectivity index (χ1n) is 9.37. The number of allylic oxidation sites excluding steroid dienone is 6. The molecule has 0 aliphatic heterocycles. The van der Waals surface area contributed by atoms with E-state index in [9.17, 15) is 4.79 Å². The molecular formula is C21H36O2. The highest BCUT2D eigenvalue weighted by Crippen LogP contribution is 2.08. The maximum atomic E-state index is 10.4. The second-order valence-electron chi connectivity index (χ2n) is 6.26. The monoisotopic (exact) mass is 320 g/mol. The lowest BCUT2D eigenvalue weighted by Gasteiger charge is -1.98. The van der Waals surface area contributed by atoms with Gasteiger partial charge in [0.2, 0.25) is 0 Å². The fourth-order valence-electron chi connectivity index (χ4n) is 2.37. The zero-order chi connectivity index (χ0) is 17.2. The summed E-state index contributed by atoms with van der Waals surface area (Å²) >= 11 is 0. The van der Waals surface area contributed by atoms with Crippen molar-refractivity contribution < 1.29 is 9.90 Å². The van der Waals surface area contributed by atoms with E-state index in [0.717, 1.165) is 19.3 Å². The highest BCUT2D eigenvalue weighted by molar-refractivity contribution is 5.66. The Morgan fingerprint density at radius 3 is 2.26 bits per heavy atom. The third-order valence-corrected chi connectivity index (χ3v) is 3.80. The van der Waals surface area contributed by atoms with Crippen LogP contribution in [0.25, 0.3) is 0 Å². The van der Waals surface area contributed by atoms with Gasteiger partial charge in [-0.05, 0) is 38.0 Å². The average molecular weight is 321 g/mol. The van der Waals surface area contributed by atoms with Crippen LogP contribution in [0.4, 0.5) is 0 Å². The van der Waals surface area contributed by atoms with Crippen molar-refractivity contribution in [2.45, 2.75) is 84.5 Å². The van der Waals surface area contributed by atoms with Gasteiger partial charge in [-0.15, -0.1) is 0 Å². The number of rotatable bonds is 15. The molecule has 0 aromatic rings. The first kappa shape index (κ1) is 21.7. The standard InChI is InChI=1S/C21H36O2/c1-3-4-5-6-7-8-9-10-11-12-14-17-20(2)18-15-13-16-19-21(22)23/h10-11,14-15,17-18,20H,3-9,12-13,16,19H2,1-2H3,(H,22,23)/b11-10?,17-14?,18-15-. The Bertz CT molecular complexity index is 353. The molecule has 1 N–H and O–H groups in total.